The summed E-state index contributed by atoms with van der Waals surface area (Å²) >= 11 is 0. The second kappa shape index (κ2) is 5.25. The van der Waals surface area contributed by atoms with Crippen molar-refractivity contribution in [3.63, 3.8) is 0 Å². The molecule has 0 saturated heterocycles. The highest BCUT2D eigenvalue weighted by atomic mass is 16.4. The summed E-state index contributed by atoms with van der Waals surface area (Å²) in [7, 11) is 0. The van der Waals surface area contributed by atoms with Gasteiger partial charge in [-0.1, -0.05) is 42.5 Å². The highest BCUT2D eigenvalue weighted by molar-refractivity contribution is 5.99. The van der Waals surface area contributed by atoms with E-state index in [-0.39, 0.29) is 23.7 Å². The molecule has 0 saturated carbocycles. The Kier molecular flexibility index (Phi) is 3.28. The summed E-state index contributed by atoms with van der Waals surface area (Å²) in [5, 5.41) is 10.9. The van der Waals surface area contributed by atoms with Crippen LogP contribution in [0.5, 0.6) is 0 Å². The van der Waals surface area contributed by atoms with Crippen LogP contribution in [0.3, 0.4) is 0 Å². The normalized spacial score (nSPS) is 10.7. The van der Waals surface area contributed by atoms with Crippen molar-refractivity contribution in [3.05, 3.63) is 71.7 Å². The van der Waals surface area contributed by atoms with Crippen molar-refractivity contribution in [1.29, 1.82) is 0 Å². The quantitative estimate of drug-likeness (QED) is 0.742. The van der Waals surface area contributed by atoms with Crippen molar-refractivity contribution in [2.24, 2.45) is 0 Å². The van der Waals surface area contributed by atoms with E-state index in [9.17, 15) is 9.59 Å². The molecule has 4 heteroatoms. The number of rotatable bonds is 4. The third kappa shape index (κ3) is 2.56. The monoisotopic (exact) mass is 280 g/mol. The van der Waals surface area contributed by atoms with E-state index in [0.29, 0.717) is 0 Å². The summed E-state index contributed by atoms with van der Waals surface area (Å²) < 4.78 is 5.04. The van der Waals surface area contributed by atoms with Gasteiger partial charge >= 0.3 is 5.97 Å². The number of carboxylic acid groups (broad SMARTS) is 1. The molecule has 0 unspecified atom stereocenters. The minimum absolute atomic E-state index is 0.0698. The average Bonchev–Trinajstić information content (AvgIpc) is 2.98. The average molecular weight is 280 g/mol. The highest BCUT2D eigenvalue weighted by Gasteiger charge is 2.16. The zero-order chi connectivity index (χ0) is 14.8. The maximum absolute atomic E-state index is 12.2. The van der Waals surface area contributed by atoms with Gasteiger partial charge in [0.25, 0.3) is 0 Å². The number of carboxylic acids is 1. The van der Waals surface area contributed by atoms with Crippen LogP contribution in [-0.4, -0.2) is 16.9 Å². The number of ketones is 1. The molecule has 1 aromatic heterocycles. The number of fused-ring (bicyclic) bond motifs is 1. The van der Waals surface area contributed by atoms with E-state index in [2.05, 4.69) is 0 Å². The van der Waals surface area contributed by atoms with E-state index in [4.69, 9.17) is 9.52 Å². The second-order valence-electron chi connectivity index (χ2n) is 4.71. The molecule has 21 heavy (non-hydrogen) atoms. The van der Waals surface area contributed by atoms with E-state index in [1.807, 2.05) is 42.5 Å². The fourth-order valence-electron chi connectivity index (χ4n) is 2.31. The molecule has 4 nitrogen and oxygen atoms in total. The molecular formula is C17H12O4. The summed E-state index contributed by atoms with van der Waals surface area (Å²) in [6.45, 7) is 0. The molecule has 2 aromatic carbocycles. The first-order valence-electron chi connectivity index (χ1n) is 6.48. The number of carbonyl (C=O) groups excluding carboxylic acids is 1. The Morgan fingerprint density at radius 2 is 1.62 bits per heavy atom. The van der Waals surface area contributed by atoms with Crippen LogP contribution in [0.4, 0.5) is 0 Å². The van der Waals surface area contributed by atoms with E-state index in [1.54, 1.807) is 0 Å². The first-order valence-corrected chi connectivity index (χ1v) is 6.48. The zero-order valence-electron chi connectivity index (χ0n) is 11.1. The van der Waals surface area contributed by atoms with Crippen LogP contribution in [0, 0.1) is 0 Å². The van der Waals surface area contributed by atoms with Crippen molar-refractivity contribution < 1.29 is 19.1 Å². The van der Waals surface area contributed by atoms with Gasteiger partial charge in [-0.15, -0.1) is 0 Å². The summed E-state index contributed by atoms with van der Waals surface area (Å²) in [5.74, 6) is -1.57. The topological polar surface area (TPSA) is 67.5 Å². The van der Waals surface area contributed by atoms with Gasteiger partial charge in [0.2, 0.25) is 11.5 Å². The fourth-order valence-corrected chi connectivity index (χ4v) is 2.31. The lowest BCUT2D eigenvalue weighted by atomic mass is 10.00. The highest BCUT2D eigenvalue weighted by Crippen LogP contribution is 2.20. The van der Waals surface area contributed by atoms with Crippen LogP contribution >= 0.6 is 0 Å². The van der Waals surface area contributed by atoms with Gasteiger partial charge in [0, 0.05) is 6.42 Å². The summed E-state index contributed by atoms with van der Waals surface area (Å²) in [6, 6.07) is 16.3. The number of Topliss-reactive ketones (excluding diaryl/α,β-unsaturated/α-hetero) is 1. The molecular weight excluding hydrogens is 268 g/mol. The van der Waals surface area contributed by atoms with Crippen LogP contribution in [-0.2, 0) is 6.42 Å². The Balaban J connectivity index is 1.91. The number of aromatic carboxylic acids is 1. The summed E-state index contributed by atoms with van der Waals surface area (Å²) in [6.07, 6.45) is 0.175. The fraction of sp³-hybridized carbons (Fsp3) is 0.0588. The second-order valence-corrected chi connectivity index (χ2v) is 4.71. The van der Waals surface area contributed by atoms with Gasteiger partial charge < -0.3 is 9.52 Å². The Labute approximate surface area is 120 Å². The number of benzene rings is 2. The van der Waals surface area contributed by atoms with E-state index in [1.165, 1.54) is 12.1 Å². The van der Waals surface area contributed by atoms with Crippen molar-refractivity contribution >= 4 is 22.5 Å². The molecule has 0 aliphatic heterocycles. The van der Waals surface area contributed by atoms with Crippen LogP contribution in [0.2, 0.25) is 0 Å². The van der Waals surface area contributed by atoms with Crippen molar-refractivity contribution in [3.8, 4) is 0 Å². The third-order valence-corrected chi connectivity index (χ3v) is 3.32. The number of hydrogen-bond acceptors (Lipinski definition) is 3. The Bertz CT molecular complexity index is 824. The molecule has 0 bridgehead atoms. The van der Waals surface area contributed by atoms with E-state index in [0.717, 1.165) is 16.3 Å². The minimum atomic E-state index is -1.18. The summed E-state index contributed by atoms with van der Waals surface area (Å²) in [5.41, 5.74) is 0.895. The van der Waals surface area contributed by atoms with Crippen molar-refractivity contribution in [2.45, 2.75) is 6.42 Å². The van der Waals surface area contributed by atoms with Gasteiger partial charge in [-0.3, -0.25) is 4.79 Å². The predicted molar refractivity (Wildman–Crippen MR) is 77.6 cm³/mol. The van der Waals surface area contributed by atoms with Crippen LogP contribution in [0.1, 0.15) is 26.7 Å². The zero-order valence-corrected chi connectivity index (χ0v) is 11.1. The van der Waals surface area contributed by atoms with Gasteiger partial charge in [0.15, 0.2) is 5.76 Å². The van der Waals surface area contributed by atoms with Crippen LogP contribution in [0.25, 0.3) is 10.8 Å². The molecule has 0 amide bonds. The number of furan rings is 1. The van der Waals surface area contributed by atoms with Gasteiger partial charge in [-0.25, -0.2) is 4.79 Å². The molecule has 0 radical (unpaired) electrons. The molecule has 0 fully saturated rings. The number of hydrogen-bond donors (Lipinski definition) is 1. The van der Waals surface area contributed by atoms with Gasteiger partial charge in [-0.2, -0.15) is 0 Å². The lowest BCUT2D eigenvalue weighted by molar-refractivity contribution is 0.0660. The first-order chi connectivity index (χ1) is 10.1. The molecule has 0 atom stereocenters. The number of carbonyl (C=O) groups is 2. The Morgan fingerprint density at radius 1 is 0.905 bits per heavy atom. The molecule has 0 aliphatic carbocycles. The van der Waals surface area contributed by atoms with Gasteiger partial charge in [0.05, 0.1) is 0 Å². The smallest absolute Gasteiger partial charge is 0.371 e. The van der Waals surface area contributed by atoms with E-state index < -0.39 is 5.97 Å². The molecule has 104 valence electrons. The maximum Gasteiger partial charge on any atom is 0.371 e. The lowest BCUT2D eigenvalue weighted by Gasteiger charge is -2.04. The largest absolute Gasteiger partial charge is 0.475 e. The maximum atomic E-state index is 12.2. The SMILES string of the molecule is O=C(O)c1ccc(C(=O)Cc2cccc3ccccc23)o1. The Hall–Kier alpha value is -2.88. The van der Waals surface area contributed by atoms with Gasteiger partial charge in [0.1, 0.15) is 0 Å². The molecule has 3 aromatic rings. The predicted octanol–water partition coefficient (Wildman–Crippen LogP) is 3.56. The minimum Gasteiger partial charge on any atom is -0.475 e. The van der Waals surface area contributed by atoms with Crippen LogP contribution in [0.15, 0.2) is 59.0 Å². The van der Waals surface area contributed by atoms with Crippen molar-refractivity contribution in [2.75, 3.05) is 0 Å². The lowest BCUT2D eigenvalue weighted by Crippen LogP contribution is -2.03. The van der Waals surface area contributed by atoms with Crippen LogP contribution < -0.4 is 0 Å². The molecule has 0 aliphatic rings. The first kappa shape index (κ1) is 13.1. The molecule has 1 N–H and O–H groups in total. The Morgan fingerprint density at radius 3 is 2.38 bits per heavy atom. The van der Waals surface area contributed by atoms with E-state index >= 15 is 0 Å². The molecule has 3 rings (SSSR count). The molecule has 0 spiro atoms. The standard InChI is InChI=1S/C17H12O4/c18-14(15-8-9-16(21-15)17(19)20)10-12-6-3-5-11-4-1-2-7-13(11)12/h1-9H,10H2,(H,19,20). The third-order valence-electron chi connectivity index (χ3n) is 3.32. The van der Waals surface area contributed by atoms with Gasteiger partial charge in [-0.05, 0) is 28.5 Å². The summed E-state index contributed by atoms with van der Waals surface area (Å²) in [4.78, 5) is 23.0. The van der Waals surface area contributed by atoms with Crippen molar-refractivity contribution in [1.82, 2.24) is 0 Å². The molecule has 1 heterocycles.